The van der Waals surface area contributed by atoms with Gasteiger partial charge in [0.25, 0.3) is 0 Å². The Morgan fingerprint density at radius 3 is 2.16 bits per heavy atom. The summed E-state index contributed by atoms with van der Waals surface area (Å²) in [6.45, 7) is 12.2. The molecule has 2 rings (SSSR count). The van der Waals surface area contributed by atoms with Gasteiger partial charge in [0, 0.05) is 38.6 Å². The Hall–Kier alpha value is -1.10. The predicted octanol–water partition coefficient (Wildman–Crippen LogP) is 2.51. The Morgan fingerprint density at radius 1 is 1.04 bits per heavy atom. The molecule has 0 spiro atoms. The highest BCUT2D eigenvalue weighted by Gasteiger charge is 2.37. The van der Waals surface area contributed by atoms with E-state index in [9.17, 15) is 9.59 Å². The first kappa shape index (κ1) is 20.2. The Balaban J connectivity index is 1.97. The van der Waals surface area contributed by atoms with Crippen LogP contribution in [0.25, 0.3) is 0 Å². The first-order valence-corrected chi connectivity index (χ1v) is 10.2. The Morgan fingerprint density at radius 2 is 1.64 bits per heavy atom. The van der Waals surface area contributed by atoms with Crippen LogP contribution < -0.4 is 5.32 Å². The fraction of sp³-hybridized carbons (Fsp3) is 0.900. The van der Waals surface area contributed by atoms with Crippen molar-refractivity contribution in [1.82, 2.24) is 15.1 Å². The number of amides is 2. The van der Waals surface area contributed by atoms with E-state index in [0.29, 0.717) is 11.8 Å². The van der Waals surface area contributed by atoms with E-state index >= 15 is 0 Å². The quantitative estimate of drug-likeness (QED) is 0.767. The maximum atomic E-state index is 12.9. The summed E-state index contributed by atoms with van der Waals surface area (Å²) >= 11 is 0. The van der Waals surface area contributed by atoms with Crippen LogP contribution in [0.2, 0.25) is 0 Å². The summed E-state index contributed by atoms with van der Waals surface area (Å²) in [6.07, 6.45) is 5.89. The number of carbonyl (C=O) groups excluding carboxylic acids is 2. The highest BCUT2D eigenvalue weighted by Crippen LogP contribution is 2.31. The molecule has 0 aromatic rings. The van der Waals surface area contributed by atoms with Gasteiger partial charge in [-0.1, -0.05) is 47.0 Å². The second-order valence-electron chi connectivity index (χ2n) is 8.26. The van der Waals surface area contributed by atoms with Crippen LogP contribution in [0.15, 0.2) is 0 Å². The van der Waals surface area contributed by atoms with E-state index in [2.05, 4.69) is 24.1 Å². The lowest BCUT2D eigenvalue weighted by Crippen LogP contribution is -2.58. The molecule has 144 valence electrons. The molecule has 25 heavy (non-hydrogen) atoms. The summed E-state index contributed by atoms with van der Waals surface area (Å²) in [5, 5.41) is 3.20. The SMILES string of the molecule is CCC(C)CNC(=O)C(C1CCCC1)N1CCN(C(=O)C(C)C)CC1. The summed E-state index contributed by atoms with van der Waals surface area (Å²) in [7, 11) is 0. The molecule has 1 aliphatic heterocycles. The van der Waals surface area contributed by atoms with Crippen LogP contribution in [0.4, 0.5) is 0 Å². The van der Waals surface area contributed by atoms with Gasteiger partial charge < -0.3 is 10.2 Å². The van der Waals surface area contributed by atoms with Gasteiger partial charge in [0.15, 0.2) is 0 Å². The van der Waals surface area contributed by atoms with Crippen molar-refractivity contribution in [1.29, 1.82) is 0 Å². The van der Waals surface area contributed by atoms with E-state index in [4.69, 9.17) is 0 Å². The lowest BCUT2D eigenvalue weighted by molar-refractivity contribution is -0.138. The molecular weight excluding hydrogens is 314 g/mol. The van der Waals surface area contributed by atoms with Gasteiger partial charge in [-0.05, 0) is 24.7 Å². The molecule has 0 bridgehead atoms. The Bertz CT molecular complexity index is 438. The third-order valence-electron chi connectivity index (χ3n) is 5.95. The van der Waals surface area contributed by atoms with Gasteiger partial charge in [-0.25, -0.2) is 0 Å². The zero-order valence-electron chi connectivity index (χ0n) is 16.6. The summed E-state index contributed by atoms with van der Waals surface area (Å²) in [5.41, 5.74) is 0. The summed E-state index contributed by atoms with van der Waals surface area (Å²) in [6, 6.07) is -0.0112. The number of nitrogens with zero attached hydrogens (tertiary/aromatic N) is 2. The third-order valence-corrected chi connectivity index (χ3v) is 5.95. The lowest BCUT2D eigenvalue weighted by Gasteiger charge is -2.41. The van der Waals surface area contributed by atoms with Gasteiger partial charge in [-0.2, -0.15) is 0 Å². The number of carbonyl (C=O) groups is 2. The lowest BCUT2D eigenvalue weighted by atomic mass is 9.94. The van der Waals surface area contributed by atoms with Crippen molar-refractivity contribution >= 4 is 11.8 Å². The summed E-state index contributed by atoms with van der Waals surface area (Å²) < 4.78 is 0. The highest BCUT2D eigenvalue weighted by atomic mass is 16.2. The fourth-order valence-electron chi connectivity index (χ4n) is 4.06. The molecule has 0 aromatic heterocycles. The molecule has 1 saturated heterocycles. The van der Waals surface area contributed by atoms with Crippen LogP contribution in [-0.2, 0) is 9.59 Å². The van der Waals surface area contributed by atoms with Crippen LogP contribution >= 0.6 is 0 Å². The molecule has 2 fully saturated rings. The number of hydrogen-bond donors (Lipinski definition) is 1. The normalized spacial score (nSPS) is 22.2. The Kier molecular flexibility index (Phi) is 7.73. The maximum absolute atomic E-state index is 12.9. The Labute approximate surface area is 153 Å². The van der Waals surface area contributed by atoms with Crippen LogP contribution in [0.3, 0.4) is 0 Å². The predicted molar refractivity (Wildman–Crippen MR) is 101 cm³/mol. The van der Waals surface area contributed by atoms with Crippen molar-refractivity contribution in [2.75, 3.05) is 32.7 Å². The molecule has 2 unspecified atom stereocenters. The van der Waals surface area contributed by atoms with Crippen molar-refractivity contribution in [2.45, 2.75) is 65.8 Å². The zero-order chi connectivity index (χ0) is 18.4. The molecular formula is C20H37N3O2. The zero-order valence-corrected chi connectivity index (χ0v) is 16.6. The van der Waals surface area contributed by atoms with Gasteiger partial charge in [0.05, 0.1) is 6.04 Å². The number of hydrogen-bond acceptors (Lipinski definition) is 3. The molecule has 2 amide bonds. The number of rotatable bonds is 7. The first-order valence-electron chi connectivity index (χ1n) is 10.2. The van der Waals surface area contributed by atoms with E-state index in [1.54, 1.807) is 0 Å². The van der Waals surface area contributed by atoms with Crippen molar-refractivity contribution in [3.8, 4) is 0 Å². The van der Waals surface area contributed by atoms with Crippen LogP contribution in [0.5, 0.6) is 0 Å². The van der Waals surface area contributed by atoms with E-state index in [0.717, 1.165) is 52.0 Å². The third kappa shape index (κ3) is 5.44. The van der Waals surface area contributed by atoms with Crippen LogP contribution in [-0.4, -0.2) is 60.4 Å². The van der Waals surface area contributed by atoms with E-state index in [1.165, 1.54) is 12.8 Å². The smallest absolute Gasteiger partial charge is 0.237 e. The minimum atomic E-state index is -0.0112. The molecule has 5 nitrogen and oxygen atoms in total. The van der Waals surface area contributed by atoms with Crippen molar-refractivity contribution in [3.63, 3.8) is 0 Å². The maximum Gasteiger partial charge on any atom is 0.237 e. The van der Waals surface area contributed by atoms with Crippen LogP contribution in [0, 0.1) is 17.8 Å². The molecule has 1 aliphatic carbocycles. The minimum absolute atomic E-state index is 0.0112. The number of nitrogens with one attached hydrogen (secondary N) is 1. The molecule has 1 N–H and O–H groups in total. The van der Waals surface area contributed by atoms with Gasteiger partial charge in [0.1, 0.15) is 0 Å². The van der Waals surface area contributed by atoms with Gasteiger partial charge in [-0.15, -0.1) is 0 Å². The van der Waals surface area contributed by atoms with Crippen LogP contribution in [0.1, 0.15) is 59.8 Å². The van der Waals surface area contributed by atoms with Gasteiger partial charge in [-0.3, -0.25) is 14.5 Å². The molecule has 2 atom stereocenters. The average Bonchev–Trinajstić information content (AvgIpc) is 3.13. The highest BCUT2D eigenvalue weighted by molar-refractivity contribution is 5.82. The molecule has 5 heteroatoms. The van der Waals surface area contributed by atoms with Crippen molar-refractivity contribution < 1.29 is 9.59 Å². The molecule has 1 saturated carbocycles. The van der Waals surface area contributed by atoms with Crippen molar-refractivity contribution in [3.05, 3.63) is 0 Å². The molecule has 2 aliphatic rings. The van der Waals surface area contributed by atoms with E-state index in [-0.39, 0.29) is 23.8 Å². The average molecular weight is 352 g/mol. The molecule has 1 heterocycles. The first-order chi connectivity index (χ1) is 11.9. The van der Waals surface area contributed by atoms with Gasteiger partial charge in [0.2, 0.25) is 11.8 Å². The summed E-state index contributed by atoms with van der Waals surface area (Å²) in [5.74, 6) is 1.49. The van der Waals surface area contributed by atoms with E-state index in [1.807, 2.05) is 18.7 Å². The minimum Gasteiger partial charge on any atom is -0.354 e. The molecule has 0 radical (unpaired) electrons. The van der Waals surface area contributed by atoms with Gasteiger partial charge >= 0.3 is 0 Å². The second-order valence-corrected chi connectivity index (χ2v) is 8.26. The standard InChI is InChI=1S/C20H37N3O2/c1-5-16(4)14-21-19(24)18(17-8-6-7-9-17)22-10-12-23(13-11-22)20(25)15(2)3/h15-18H,5-14H2,1-4H3,(H,21,24). The largest absolute Gasteiger partial charge is 0.354 e. The topological polar surface area (TPSA) is 52.7 Å². The van der Waals surface area contributed by atoms with Crippen molar-refractivity contribution in [2.24, 2.45) is 17.8 Å². The summed E-state index contributed by atoms with van der Waals surface area (Å²) in [4.78, 5) is 29.4. The number of piperazine rings is 1. The molecule has 0 aromatic carbocycles. The van der Waals surface area contributed by atoms with E-state index < -0.39 is 0 Å². The fourth-order valence-corrected chi connectivity index (χ4v) is 4.06. The second kappa shape index (κ2) is 9.56. The monoisotopic (exact) mass is 351 g/mol.